The molecule has 152 valence electrons. The van der Waals surface area contributed by atoms with E-state index >= 15 is 0 Å². The van der Waals surface area contributed by atoms with E-state index in [9.17, 15) is 4.79 Å². The molecule has 0 atom stereocenters. The summed E-state index contributed by atoms with van der Waals surface area (Å²) in [6.45, 7) is 6.96. The predicted molar refractivity (Wildman–Crippen MR) is 116 cm³/mol. The molecule has 1 saturated heterocycles. The molecule has 1 aliphatic carbocycles. The molecular weight excluding hydrogens is 394 g/mol. The lowest BCUT2D eigenvalue weighted by Crippen LogP contribution is -2.45. The summed E-state index contributed by atoms with van der Waals surface area (Å²) in [5.41, 5.74) is 2.01. The number of carbonyl (C=O) groups is 1. The number of nitrogens with zero attached hydrogens (tertiary/aromatic N) is 3. The van der Waals surface area contributed by atoms with Crippen LogP contribution in [-0.4, -0.2) is 55.2 Å². The van der Waals surface area contributed by atoms with E-state index in [2.05, 4.69) is 4.90 Å². The summed E-state index contributed by atoms with van der Waals surface area (Å²) >= 11 is 7.96. The number of benzene rings is 1. The molecule has 2 heterocycles. The summed E-state index contributed by atoms with van der Waals surface area (Å²) in [5.74, 6) is 0.364. The van der Waals surface area contributed by atoms with E-state index in [1.807, 2.05) is 24.0 Å². The van der Waals surface area contributed by atoms with Gasteiger partial charge in [-0.05, 0) is 31.4 Å². The van der Waals surface area contributed by atoms with Crippen LogP contribution >= 0.6 is 22.9 Å². The number of amides is 1. The number of hydrogen-bond donors (Lipinski definition) is 0. The summed E-state index contributed by atoms with van der Waals surface area (Å²) in [6, 6.07) is 3.91. The molecule has 2 aromatic rings. The average molecular weight is 422 g/mol. The van der Waals surface area contributed by atoms with Crippen molar-refractivity contribution in [3.8, 4) is 0 Å². The summed E-state index contributed by atoms with van der Waals surface area (Å²) in [4.78, 5) is 22.6. The zero-order valence-corrected chi connectivity index (χ0v) is 18.0. The fraction of sp³-hybridized carbons (Fsp3) is 0.619. The van der Waals surface area contributed by atoms with Crippen molar-refractivity contribution in [2.75, 3.05) is 44.3 Å². The molecule has 0 radical (unpaired) electrons. The van der Waals surface area contributed by atoms with Crippen LogP contribution in [0.1, 0.15) is 37.7 Å². The van der Waals surface area contributed by atoms with Gasteiger partial charge in [0.25, 0.3) is 0 Å². The first kappa shape index (κ1) is 20.1. The van der Waals surface area contributed by atoms with Gasteiger partial charge in [0.2, 0.25) is 5.91 Å². The van der Waals surface area contributed by atoms with Gasteiger partial charge in [-0.2, -0.15) is 0 Å². The average Bonchev–Trinajstić information content (AvgIpc) is 3.19. The molecule has 28 heavy (non-hydrogen) atoms. The maximum absolute atomic E-state index is 13.4. The number of ether oxygens (including phenoxy) is 1. The fourth-order valence-corrected chi connectivity index (χ4v) is 5.49. The first-order valence-electron chi connectivity index (χ1n) is 10.3. The van der Waals surface area contributed by atoms with E-state index in [1.165, 1.54) is 6.42 Å². The van der Waals surface area contributed by atoms with E-state index in [4.69, 9.17) is 21.3 Å². The standard InChI is InChI=1S/C21H28ClN3O2S/c1-15-7-8-17(22)19-18(15)23-21(28-19)25(10-9-24-11-13-27-14-12-24)20(26)16-5-3-2-4-6-16/h7-8,16H,2-6,9-14H2,1H3. The van der Waals surface area contributed by atoms with Crippen LogP contribution in [0.5, 0.6) is 0 Å². The van der Waals surface area contributed by atoms with Crippen LogP contribution in [0.15, 0.2) is 12.1 Å². The van der Waals surface area contributed by atoms with Gasteiger partial charge in [-0.25, -0.2) is 4.98 Å². The first-order chi connectivity index (χ1) is 13.6. The normalized spacial score (nSPS) is 19.2. The van der Waals surface area contributed by atoms with E-state index in [0.29, 0.717) is 11.6 Å². The predicted octanol–water partition coefficient (Wildman–Crippen LogP) is 4.50. The number of aryl methyl sites for hydroxylation is 1. The Morgan fingerprint density at radius 3 is 2.75 bits per heavy atom. The van der Waals surface area contributed by atoms with E-state index in [0.717, 1.165) is 79.4 Å². The lowest BCUT2D eigenvalue weighted by atomic mass is 9.88. The highest BCUT2D eigenvalue weighted by atomic mass is 35.5. The van der Waals surface area contributed by atoms with Crippen molar-refractivity contribution in [3.05, 3.63) is 22.7 Å². The Labute approximate surface area is 175 Å². The summed E-state index contributed by atoms with van der Waals surface area (Å²) in [6.07, 6.45) is 5.54. The Balaban J connectivity index is 1.60. The smallest absolute Gasteiger partial charge is 0.231 e. The highest BCUT2D eigenvalue weighted by Crippen LogP contribution is 2.37. The molecule has 1 aromatic heterocycles. The summed E-state index contributed by atoms with van der Waals surface area (Å²) in [7, 11) is 0. The number of anilines is 1. The van der Waals surface area contributed by atoms with Gasteiger partial charge in [-0.15, -0.1) is 0 Å². The van der Waals surface area contributed by atoms with Crippen LogP contribution in [-0.2, 0) is 9.53 Å². The molecule has 1 aromatic carbocycles. The minimum atomic E-state index is 0.127. The van der Waals surface area contributed by atoms with Crippen molar-refractivity contribution >= 4 is 44.2 Å². The van der Waals surface area contributed by atoms with Crippen molar-refractivity contribution in [2.45, 2.75) is 39.0 Å². The van der Waals surface area contributed by atoms with Gasteiger partial charge in [0.1, 0.15) is 0 Å². The Bertz CT molecular complexity index is 789. The Morgan fingerprint density at radius 2 is 2.04 bits per heavy atom. The summed E-state index contributed by atoms with van der Waals surface area (Å²) in [5, 5.41) is 1.50. The van der Waals surface area contributed by atoms with Gasteiger partial charge >= 0.3 is 0 Å². The molecular formula is C21H28ClN3O2S. The van der Waals surface area contributed by atoms with Crippen molar-refractivity contribution < 1.29 is 9.53 Å². The van der Waals surface area contributed by atoms with Crippen molar-refractivity contribution in [3.63, 3.8) is 0 Å². The fourth-order valence-electron chi connectivity index (χ4n) is 4.14. The number of thiazole rings is 1. The minimum absolute atomic E-state index is 0.127. The lowest BCUT2D eigenvalue weighted by molar-refractivity contribution is -0.123. The van der Waals surface area contributed by atoms with Crippen LogP contribution in [0, 0.1) is 12.8 Å². The van der Waals surface area contributed by atoms with Crippen molar-refractivity contribution in [1.82, 2.24) is 9.88 Å². The zero-order valence-electron chi connectivity index (χ0n) is 16.5. The quantitative estimate of drug-likeness (QED) is 0.712. The SMILES string of the molecule is Cc1ccc(Cl)c2sc(N(CCN3CCOCC3)C(=O)C3CCCCC3)nc12. The van der Waals surface area contributed by atoms with Gasteiger partial charge in [0.05, 0.1) is 28.5 Å². The van der Waals surface area contributed by atoms with Crippen LogP contribution in [0.2, 0.25) is 5.02 Å². The third-order valence-corrected chi connectivity index (χ3v) is 7.42. The number of hydrogen-bond acceptors (Lipinski definition) is 5. The number of carbonyl (C=O) groups excluding carboxylic acids is 1. The molecule has 2 aliphatic rings. The van der Waals surface area contributed by atoms with Crippen molar-refractivity contribution in [2.24, 2.45) is 5.92 Å². The van der Waals surface area contributed by atoms with Crippen molar-refractivity contribution in [1.29, 1.82) is 0 Å². The number of fused-ring (bicyclic) bond motifs is 1. The highest BCUT2D eigenvalue weighted by molar-refractivity contribution is 7.23. The Hall–Kier alpha value is -1.21. The van der Waals surface area contributed by atoms with E-state index in [1.54, 1.807) is 11.3 Å². The second-order valence-electron chi connectivity index (χ2n) is 7.82. The van der Waals surface area contributed by atoms with Crippen LogP contribution < -0.4 is 4.90 Å². The molecule has 7 heteroatoms. The van der Waals surface area contributed by atoms with Gasteiger partial charge in [-0.1, -0.05) is 48.3 Å². The van der Waals surface area contributed by atoms with Gasteiger partial charge in [-0.3, -0.25) is 14.6 Å². The Kier molecular flexibility index (Phi) is 6.51. The number of aromatic nitrogens is 1. The number of rotatable bonds is 5. The first-order valence-corrected chi connectivity index (χ1v) is 11.5. The van der Waals surface area contributed by atoms with E-state index < -0.39 is 0 Å². The van der Waals surface area contributed by atoms with Gasteiger partial charge in [0, 0.05) is 32.1 Å². The molecule has 0 N–H and O–H groups in total. The molecule has 5 nitrogen and oxygen atoms in total. The second kappa shape index (κ2) is 9.08. The zero-order chi connectivity index (χ0) is 19.5. The highest BCUT2D eigenvalue weighted by Gasteiger charge is 2.29. The number of halogens is 1. The number of morpholine rings is 1. The molecule has 1 amide bonds. The Morgan fingerprint density at radius 1 is 1.29 bits per heavy atom. The largest absolute Gasteiger partial charge is 0.379 e. The topological polar surface area (TPSA) is 45.7 Å². The monoisotopic (exact) mass is 421 g/mol. The molecule has 0 bridgehead atoms. The van der Waals surface area contributed by atoms with E-state index in [-0.39, 0.29) is 11.8 Å². The second-order valence-corrected chi connectivity index (χ2v) is 9.20. The molecule has 1 saturated carbocycles. The van der Waals surface area contributed by atoms with Crippen LogP contribution in [0.3, 0.4) is 0 Å². The maximum Gasteiger partial charge on any atom is 0.231 e. The third-order valence-electron chi connectivity index (χ3n) is 5.88. The third kappa shape index (κ3) is 4.35. The van der Waals surface area contributed by atoms with Gasteiger partial charge in [0.15, 0.2) is 5.13 Å². The molecule has 0 unspecified atom stereocenters. The van der Waals surface area contributed by atoms with Crippen LogP contribution in [0.25, 0.3) is 10.2 Å². The van der Waals surface area contributed by atoms with Gasteiger partial charge < -0.3 is 4.74 Å². The molecule has 2 fully saturated rings. The molecule has 1 aliphatic heterocycles. The summed E-state index contributed by atoms with van der Waals surface area (Å²) < 4.78 is 6.43. The lowest BCUT2D eigenvalue weighted by Gasteiger charge is -2.31. The molecule has 0 spiro atoms. The maximum atomic E-state index is 13.4. The van der Waals surface area contributed by atoms with Crippen LogP contribution in [0.4, 0.5) is 5.13 Å². The minimum Gasteiger partial charge on any atom is -0.379 e. The molecule has 4 rings (SSSR count).